The fourth-order valence-electron chi connectivity index (χ4n) is 4.40. The van der Waals surface area contributed by atoms with Crippen LogP contribution in [-0.2, 0) is 23.6 Å². The zero-order valence-corrected chi connectivity index (χ0v) is 16.1. The van der Waals surface area contributed by atoms with Crippen LogP contribution in [-0.4, -0.2) is 35.1 Å². The molecule has 0 fully saturated rings. The van der Waals surface area contributed by atoms with Crippen molar-refractivity contribution in [3.05, 3.63) is 46.1 Å². The predicted octanol–water partition coefficient (Wildman–Crippen LogP) is 2.82. The molecule has 0 N–H and O–H groups in total. The summed E-state index contributed by atoms with van der Waals surface area (Å²) in [5.74, 6) is 1.59. The molecule has 2 aromatic rings. The molecule has 25 heavy (non-hydrogen) atoms. The van der Waals surface area contributed by atoms with Gasteiger partial charge in [-0.15, -0.1) is 0 Å². The second-order valence-electron chi connectivity index (χ2n) is 7.04. The van der Waals surface area contributed by atoms with E-state index in [1.807, 2.05) is 6.92 Å². The molecule has 6 heteroatoms. The normalized spacial score (nSPS) is 27.4. The first kappa shape index (κ1) is 16.8. The van der Waals surface area contributed by atoms with Crippen LogP contribution in [0.2, 0.25) is 0 Å². The van der Waals surface area contributed by atoms with Crippen molar-refractivity contribution in [1.29, 1.82) is 0 Å². The van der Waals surface area contributed by atoms with E-state index in [1.165, 1.54) is 11.1 Å². The maximum absolute atomic E-state index is 12.9. The first-order valence-electron chi connectivity index (χ1n) is 9.13. The predicted molar refractivity (Wildman–Crippen MR) is 98.3 cm³/mol. The first-order chi connectivity index (χ1) is 12.0. The minimum atomic E-state index is -0.864. The number of hydrogen-bond donors (Lipinski definition) is 0. The van der Waals surface area contributed by atoms with Crippen molar-refractivity contribution < 1.29 is 4.21 Å². The molecule has 1 aliphatic heterocycles. The maximum Gasteiger partial charge on any atom is 0.125 e. The van der Waals surface area contributed by atoms with Crippen LogP contribution in [0.15, 0.2) is 6.33 Å². The molecule has 2 bridgehead atoms. The van der Waals surface area contributed by atoms with Crippen LogP contribution in [0, 0.1) is 6.92 Å². The van der Waals surface area contributed by atoms with E-state index in [0.29, 0.717) is 5.75 Å². The molecule has 1 aliphatic carbocycles. The van der Waals surface area contributed by atoms with Crippen LogP contribution in [0.3, 0.4) is 0 Å². The number of nitrogens with zero attached hydrogens (tertiary/aromatic N) is 4. The average molecular weight is 356 g/mol. The molecule has 132 valence electrons. The molecular formula is C19H24N4OS. The van der Waals surface area contributed by atoms with E-state index < -0.39 is 10.8 Å². The molecule has 4 rings (SSSR count). The second kappa shape index (κ2) is 6.24. The third kappa shape index (κ3) is 2.53. The van der Waals surface area contributed by atoms with E-state index >= 15 is 0 Å². The Bertz CT molecular complexity index is 867. The molecule has 0 saturated carbocycles. The Morgan fingerprint density at radius 2 is 1.76 bits per heavy atom. The Morgan fingerprint density at radius 1 is 1.04 bits per heavy atom. The van der Waals surface area contributed by atoms with Crippen molar-refractivity contribution in [2.75, 3.05) is 5.75 Å². The van der Waals surface area contributed by atoms with Crippen molar-refractivity contribution in [1.82, 2.24) is 19.9 Å². The topological polar surface area (TPSA) is 68.6 Å². The lowest BCUT2D eigenvalue weighted by Crippen LogP contribution is -2.35. The lowest BCUT2D eigenvalue weighted by atomic mass is 9.74. The van der Waals surface area contributed by atoms with Gasteiger partial charge in [-0.2, -0.15) is 0 Å². The SMILES string of the molecule is CCc1ncnc2c1[C@H]1CS(=O)C(C)C[C@H]2c2nc(C)nc(CC)c21. The molecule has 0 aromatic carbocycles. The summed E-state index contributed by atoms with van der Waals surface area (Å²) in [5, 5.41) is 0.147. The Kier molecular flexibility index (Phi) is 4.18. The summed E-state index contributed by atoms with van der Waals surface area (Å²) in [5.41, 5.74) is 6.81. The van der Waals surface area contributed by atoms with Gasteiger partial charge in [0.15, 0.2) is 0 Å². The van der Waals surface area contributed by atoms with E-state index in [-0.39, 0.29) is 17.1 Å². The molecule has 2 unspecified atom stereocenters. The van der Waals surface area contributed by atoms with Crippen molar-refractivity contribution >= 4 is 10.8 Å². The third-order valence-electron chi connectivity index (χ3n) is 5.54. The van der Waals surface area contributed by atoms with E-state index in [4.69, 9.17) is 9.97 Å². The molecule has 0 radical (unpaired) electrons. The fraction of sp³-hybridized carbons (Fsp3) is 0.579. The summed E-state index contributed by atoms with van der Waals surface area (Å²) in [4.78, 5) is 18.8. The molecule has 2 aromatic heterocycles. The van der Waals surface area contributed by atoms with Gasteiger partial charge in [0.2, 0.25) is 0 Å². The summed E-state index contributed by atoms with van der Waals surface area (Å²) in [6.07, 6.45) is 4.23. The fourth-order valence-corrected chi connectivity index (χ4v) is 5.79. The van der Waals surface area contributed by atoms with Crippen molar-refractivity contribution in [2.45, 2.75) is 64.0 Å². The summed E-state index contributed by atoms with van der Waals surface area (Å²) in [6, 6.07) is 0. The minimum absolute atomic E-state index is 0.0523. The van der Waals surface area contributed by atoms with Gasteiger partial charge < -0.3 is 0 Å². The summed E-state index contributed by atoms with van der Waals surface area (Å²) >= 11 is 0. The molecule has 4 atom stereocenters. The Balaban J connectivity index is 2.07. The van der Waals surface area contributed by atoms with Crippen LogP contribution >= 0.6 is 0 Å². The van der Waals surface area contributed by atoms with Gasteiger partial charge in [-0.05, 0) is 26.2 Å². The molecule has 0 amide bonds. The highest BCUT2D eigenvalue weighted by molar-refractivity contribution is 7.85. The summed E-state index contributed by atoms with van der Waals surface area (Å²) in [6.45, 7) is 8.32. The van der Waals surface area contributed by atoms with Gasteiger partial charge in [0.1, 0.15) is 12.2 Å². The Morgan fingerprint density at radius 3 is 2.48 bits per heavy atom. The van der Waals surface area contributed by atoms with E-state index in [1.54, 1.807) is 6.33 Å². The van der Waals surface area contributed by atoms with Gasteiger partial charge in [0, 0.05) is 56.2 Å². The van der Waals surface area contributed by atoms with Crippen LogP contribution in [0.25, 0.3) is 0 Å². The van der Waals surface area contributed by atoms with Gasteiger partial charge in [0.25, 0.3) is 0 Å². The van der Waals surface area contributed by atoms with E-state index in [0.717, 1.165) is 47.9 Å². The second-order valence-corrected chi connectivity index (χ2v) is 8.94. The Labute approximate surface area is 151 Å². The van der Waals surface area contributed by atoms with Gasteiger partial charge in [-0.1, -0.05) is 20.8 Å². The third-order valence-corrected chi connectivity index (χ3v) is 7.29. The lowest BCUT2D eigenvalue weighted by molar-refractivity contribution is 0.572. The van der Waals surface area contributed by atoms with E-state index in [2.05, 4.69) is 30.7 Å². The lowest BCUT2D eigenvalue weighted by Gasteiger charge is -2.38. The van der Waals surface area contributed by atoms with Crippen molar-refractivity contribution in [3.63, 3.8) is 0 Å². The van der Waals surface area contributed by atoms with Crippen LogP contribution in [0.4, 0.5) is 0 Å². The number of aryl methyl sites for hydroxylation is 3. The highest BCUT2D eigenvalue weighted by atomic mass is 32.2. The number of hydrogen-bond acceptors (Lipinski definition) is 5. The van der Waals surface area contributed by atoms with E-state index in [9.17, 15) is 4.21 Å². The highest BCUT2D eigenvalue weighted by Crippen LogP contribution is 2.48. The largest absolute Gasteiger partial charge is 0.259 e. The molecule has 0 spiro atoms. The molecule has 5 nitrogen and oxygen atoms in total. The average Bonchev–Trinajstić information content (AvgIpc) is 2.61. The zero-order valence-electron chi connectivity index (χ0n) is 15.2. The first-order valence-corrected chi connectivity index (χ1v) is 10.5. The molecule has 2 aliphatic rings. The Hall–Kier alpha value is -1.69. The van der Waals surface area contributed by atoms with Crippen molar-refractivity contribution in [3.8, 4) is 0 Å². The maximum atomic E-state index is 12.9. The monoisotopic (exact) mass is 356 g/mol. The molecular weight excluding hydrogens is 332 g/mol. The van der Waals surface area contributed by atoms with Crippen LogP contribution in [0.5, 0.6) is 0 Å². The van der Waals surface area contributed by atoms with Gasteiger partial charge in [-0.3, -0.25) is 4.21 Å². The zero-order chi connectivity index (χ0) is 17.7. The number of aromatic nitrogens is 4. The van der Waals surface area contributed by atoms with Gasteiger partial charge in [-0.25, -0.2) is 19.9 Å². The minimum Gasteiger partial charge on any atom is -0.259 e. The van der Waals surface area contributed by atoms with Gasteiger partial charge >= 0.3 is 0 Å². The van der Waals surface area contributed by atoms with Gasteiger partial charge in [0.05, 0.1) is 11.4 Å². The smallest absolute Gasteiger partial charge is 0.125 e. The summed E-state index contributed by atoms with van der Waals surface area (Å²) < 4.78 is 12.9. The van der Waals surface area contributed by atoms with Crippen LogP contribution in [0.1, 0.15) is 78.8 Å². The summed E-state index contributed by atoms with van der Waals surface area (Å²) in [7, 11) is -0.864. The number of rotatable bonds is 2. The highest BCUT2D eigenvalue weighted by Gasteiger charge is 2.42. The molecule has 3 heterocycles. The molecule has 0 saturated heterocycles. The quantitative estimate of drug-likeness (QED) is 0.828. The van der Waals surface area contributed by atoms with Crippen LogP contribution < -0.4 is 0 Å². The number of fused-ring (bicyclic) bond motifs is 3. The van der Waals surface area contributed by atoms with Crippen molar-refractivity contribution in [2.24, 2.45) is 0 Å². The standard InChI is InChI=1S/C19H24N4OS/c1-5-14-16-13-8-25(24)10(3)7-12(18(16)21-9-20-14)19-17(13)15(6-2)22-11(4)23-19/h9-10,12-13H,5-8H2,1-4H3/t10?,12-,13-,25?/m1/s1.